The summed E-state index contributed by atoms with van der Waals surface area (Å²) in [5.74, 6) is -1.58. The van der Waals surface area contributed by atoms with E-state index in [0.717, 1.165) is 16.3 Å². The van der Waals surface area contributed by atoms with Gasteiger partial charge in [-0.1, -0.05) is 25.0 Å². The van der Waals surface area contributed by atoms with E-state index in [0.29, 0.717) is 11.7 Å². The molecule has 0 aliphatic heterocycles. The van der Waals surface area contributed by atoms with E-state index in [1.807, 2.05) is 30.0 Å². The van der Waals surface area contributed by atoms with Gasteiger partial charge in [0.2, 0.25) is 0 Å². The molecular formula is C21H22FNO3S. The molecule has 1 heterocycles. The fraction of sp³-hybridized carbons (Fsp3) is 0.429. The topological polar surface area (TPSA) is 59.4 Å². The number of carbonyl (C=O) groups is 1. The van der Waals surface area contributed by atoms with Gasteiger partial charge in [0, 0.05) is 5.25 Å². The average molecular weight is 387 g/mol. The highest BCUT2D eigenvalue weighted by Crippen LogP contribution is 2.48. The van der Waals surface area contributed by atoms with Crippen LogP contribution in [0.5, 0.6) is 5.75 Å². The number of rotatable bonds is 7. The Kier molecular flexibility index (Phi) is 5.34. The molecule has 0 radical (unpaired) electrons. The Hall–Kier alpha value is -2.08. The number of ether oxygens (including phenoxy) is 1. The number of pyridine rings is 1. The zero-order valence-corrected chi connectivity index (χ0v) is 15.8. The maximum Gasteiger partial charge on any atom is 0.307 e. The van der Waals surface area contributed by atoms with Gasteiger partial charge in [0.1, 0.15) is 6.61 Å². The molecule has 2 saturated carbocycles. The maximum absolute atomic E-state index is 14.3. The molecule has 0 amide bonds. The van der Waals surface area contributed by atoms with Gasteiger partial charge in [-0.3, -0.25) is 4.79 Å². The molecule has 1 N–H and O–H groups in total. The van der Waals surface area contributed by atoms with Gasteiger partial charge in [0.15, 0.2) is 11.6 Å². The van der Waals surface area contributed by atoms with Crippen molar-refractivity contribution in [1.82, 2.24) is 4.98 Å². The van der Waals surface area contributed by atoms with E-state index in [4.69, 9.17) is 9.84 Å². The van der Waals surface area contributed by atoms with Crippen molar-refractivity contribution in [1.29, 1.82) is 0 Å². The summed E-state index contributed by atoms with van der Waals surface area (Å²) in [4.78, 5) is 15.6. The van der Waals surface area contributed by atoms with Gasteiger partial charge in [-0.05, 0) is 55.0 Å². The first-order valence-electron chi connectivity index (χ1n) is 9.38. The fourth-order valence-electron chi connectivity index (χ4n) is 3.63. The van der Waals surface area contributed by atoms with Crippen LogP contribution in [0.25, 0.3) is 0 Å². The molecular weight excluding hydrogens is 365 g/mol. The lowest BCUT2D eigenvalue weighted by Gasteiger charge is -2.11. The highest BCUT2D eigenvalue weighted by atomic mass is 32.2. The van der Waals surface area contributed by atoms with Gasteiger partial charge >= 0.3 is 5.97 Å². The van der Waals surface area contributed by atoms with Crippen LogP contribution in [0, 0.1) is 11.7 Å². The normalized spacial score (nSPS) is 22.0. The highest BCUT2D eigenvalue weighted by Gasteiger charge is 2.44. The Morgan fingerprint density at radius 1 is 1.26 bits per heavy atom. The monoisotopic (exact) mass is 387 g/mol. The summed E-state index contributed by atoms with van der Waals surface area (Å²) < 4.78 is 19.9. The lowest BCUT2D eigenvalue weighted by atomic mass is 10.1. The number of hydrogen-bond donors (Lipinski definition) is 1. The molecule has 0 bridgehead atoms. The zero-order chi connectivity index (χ0) is 18.8. The third-order valence-corrected chi connectivity index (χ3v) is 6.51. The summed E-state index contributed by atoms with van der Waals surface area (Å²) in [7, 11) is 0. The van der Waals surface area contributed by atoms with Crippen molar-refractivity contribution in [3.8, 4) is 5.75 Å². The first-order chi connectivity index (χ1) is 13.1. The maximum atomic E-state index is 14.3. The minimum Gasteiger partial charge on any atom is -0.484 e. The second-order valence-corrected chi connectivity index (χ2v) is 8.58. The van der Waals surface area contributed by atoms with Crippen molar-refractivity contribution in [2.45, 2.75) is 54.9 Å². The third-order valence-electron chi connectivity index (χ3n) is 5.24. The summed E-state index contributed by atoms with van der Waals surface area (Å²) in [5.41, 5.74) is 1.50. The molecule has 27 heavy (non-hydrogen) atoms. The van der Waals surface area contributed by atoms with Crippen LogP contribution in [-0.4, -0.2) is 21.3 Å². The number of aromatic nitrogens is 1. The van der Waals surface area contributed by atoms with Gasteiger partial charge in [-0.15, -0.1) is 11.8 Å². The molecule has 2 atom stereocenters. The van der Waals surface area contributed by atoms with Crippen LogP contribution in [0.2, 0.25) is 0 Å². The number of halogens is 1. The Balaban J connectivity index is 1.36. The number of thioether (sulfide) groups is 1. The van der Waals surface area contributed by atoms with E-state index in [1.165, 1.54) is 31.7 Å². The van der Waals surface area contributed by atoms with Gasteiger partial charge < -0.3 is 9.84 Å². The lowest BCUT2D eigenvalue weighted by molar-refractivity contribution is -0.138. The Bertz CT molecular complexity index is 838. The molecule has 6 heteroatoms. The molecule has 2 fully saturated rings. The predicted octanol–water partition coefficient (Wildman–Crippen LogP) is 5.02. The summed E-state index contributed by atoms with van der Waals surface area (Å²) in [5, 5.41) is 10.6. The summed E-state index contributed by atoms with van der Waals surface area (Å²) in [6.45, 7) is 0.205. The van der Waals surface area contributed by atoms with E-state index in [9.17, 15) is 9.18 Å². The lowest BCUT2D eigenvalue weighted by Crippen LogP contribution is -2.02. The second kappa shape index (κ2) is 7.89. The molecule has 2 aliphatic carbocycles. The number of nitrogens with zero attached hydrogens (tertiary/aromatic N) is 1. The number of carboxylic acids is 1. The molecule has 1 aromatic carbocycles. The van der Waals surface area contributed by atoms with Gasteiger partial charge in [0.05, 0.1) is 16.6 Å². The van der Waals surface area contributed by atoms with Gasteiger partial charge in [0.25, 0.3) is 0 Å². The van der Waals surface area contributed by atoms with E-state index < -0.39 is 11.8 Å². The molecule has 4 nitrogen and oxygen atoms in total. The first kappa shape index (κ1) is 18.3. The Morgan fingerprint density at radius 3 is 2.78 bits per heavy atom. The van der Waals surface area contributed by atoms with Crippen molar-refractivity contribution < 1.29 is 19.0 Å². The fourth-order valence-corrected chi connectivity index (χ4v) is 4.87. The van der Waals surface area contributed by atoms with E-state index in [-0.39, 0.29) is 24.2 Å². The third kappa shape index (κ3) is 4.43. The second-order valence-electron chi connectivity index (χ2n) is 7.26. The summed E-state index contributed by atoms with van der Waals surface area (Å²) in [6.07, 6.45) is 5.65. The molecule has 0 saturated heterocycles. The van der Waals surface area contributed by atoms with Crippen molar-refractivity contribution >= 4 is 17.7 Å². The predicted molar refractivity (Wildman–Crippen MR) is 102 cm³/mol. The van der Waals surface area contributed by atoms with Crippen molar-refractivity contribution in [3.63, 3.8) is 0 Å². The van der Waals surface area contributed by atoms with Crippen LogP contribution < -0.4 is 4.74 Å². The van der Waals surface area contributed by atoms with Crippen LogP contribution in [-0.2, 0) is 11.4 Å². The molecule has 2 aliphatic rings. The van der Waals surface area contributed by atoms with E-state index in [1.54, 1.807) is 12.1 Å². The van der Waals surface area contributed by atoms with Crippen LogP contribution in [0.1, 0.15) is 49.3 Å². The SMILES string of the molecule is O=C(O)C1CC1c1ccc(OCc2cccc(SC3CCCC3)n2)c(F)c1. The van der Waals surface area contributed by atoms with E-state index >= 15 is 0 Å². The first-order valence-corrected chi connectivity index (χ1v) is 10.3. The van der Waals surface area contributed by atoms with Crippen molar-refractivity contribution in [3.05, 3.63) is 53.5 Å². The van der Waals surface area contributed by atoms with Crippen LogP contribution in [0.3, 0.4) is 0 Å². The molecule has 4 rings (SSSR count). The van der Waals surface area contributed by atoms with Crippen LogP contribution >= 0.6 is 11.8 Å². The summed E-state index contributed by atoms with van der Waals surface area (Å²) >= 11 is 1.82. The number of aliphatic carboxylic acids is 1. The van der Waals surface area contributed by atoms with Gasteiger partial charge in [-0.2, -0.15) is 0 Å². The largest absolute Gasteiger partial charge is 0.484 e. The van der Waals surface area contributed by atoms with Gasteiger partial charge in [-0.25, -0.2) is 9.37 Å². The molecule has 0 spiro atoms. The zero-order valence-electron chi connectivity index (χ0n) is 14.9. The summed E-state index contributed by atoms with van der Waals surface area (Å²) in [6, 6.07) is 10.6. The molecule has 2 unspecified atom stereocenters. The minimum atomic E-state index is -0.817. The van der Waals surface area contributed by atoms with Crippen molar-refractivity contribution in [2.24, 2.45) is 5.92 Å². The molecule has 2 aromatic rings. The Labute approximate surface area is 162 Å². The van der Waals surface area contributed by atoms with Crippen molar-refractivity contribution in [2.75, 3.05) is 0 Å². The van der Waals surface area contributed by atoms with Crippen LogP contribution in [0.4, 0.5) is 4.39 Å². The highest BCUT2D eigenvalue weighted by molar-refractivity contribution is 7.99. The number of carboxylic acid groups (broad SMARTS) is 1. The quantitative estimate of drug-likeness (QED) is 0.723. The molecule has 1 aromatic heterocycles. The number of hydrogen-bond acceptors (Lipinski definition) is 4. The molecule has 142 valence electrons. The van der Waals surface area contributed by atoms with E-state index in [2.05, 4.69) is 4.98 Å². The Morgan fingerprint density at radius 2 is 2.07 bits per heavy atom. The van der Waals surface area contributed by atoms with Crippen LogP contribution in [0.15, 0.2) is 41.4 Å². The smallest absolute Gasteiger partial charge is 0.307 e. The number of benzene rings is 1. The average Bonchev–Trinajstić information content (AvgIpc) is 3.31. The minimum absolute atomic E-state index is 0.0861. The standard InChI is InChI=1S/C21H22FNO3S/c22-18-10-13(16-11-17(16)21(24)25)8-9-19(18)26-12-14-4-3-7-20(23-14)27-15-5-1-2-6-15/h3-4,7-10,15-17H,1-2,5-6,11-12H2,(H,24,25).